The molecule has 4 heteroatoms. The Hall–Kier alpha value is -1.03. The van der Waals surface area contributed by atoms with Crippen molar-refractivity contribution in [2.24, 2.45) is 0 Å². The maximum absolute atomic E-state index is 11.2. The fraction of sp³-hybridized carbons (Fsp3) is 0.333. The van der Waals surface area contributed by atoms with E-state index in [1.807, 2.05) is 0 Å². The summed E-state index contributed by atoms with van der Waals surface area (Å²) >= 11 is 0. The molecule has 0 bridgehead atoms. The lowest BCUT2D eigenvalue weighted by Gasteiger charge is -2.10. The Morgan fingerprint density at radius 2 is 1.85 bits per heavy atom. The smallest absolute Gasteiger partial charge is 0.154 e. The maximum Gasteiger partial charge on any atom is 0.154 e. The summed E-state index contributed by atoms with van der Waals surface area (Å²) in [7, 11) is -3.14. The molecule has 0 spiro atoms. The van der Waals surface area contributed by atoms with Gasteiger partial charge in [0.15, 0.2) is 9.84 Å². The number of phenols is 1. The van der Waals surface area contributed by atoms with Crippen molar-refractivity contribution in [3.8, 4) is 5.75 Å². The van der Waals surface area contributed by atoms with Crippen LogP contribution in [0.2, 0.25) is 0 Å². The number of sulfone groups is 1. The van der Waals surface area contributed by atoms with Gasteiger partial charge in [-0.1, -0.05) is 18.2 Å². The molecule has 13 heavy (non-hydrogen) atoms. The number of benzene rings is 1. The first-order valence-corrected chi connectivity index (χ1v) is 5.85. The first kappa shape index (κ1) is 10.1. The van der Waals surface area contributed by atoms with Gasteiger partial charge in [0.2, 0.25) is 0 Å². The molecule has 0 aliphatic carbocycles. The molecule has 0 aliphatic rings. The van der Waals surface area contributed by atoms with Gasteiger partial charge in [-0.05, 0) is 13.0 Å². The zero-order chi connectivity index (χ0) is 10.1. The molecule has 0 aromatic heterocycles. The summed E-state index contributed by atoms with van der Waals surface area (Å²) in [6, 6.07) is 6.46. The fourth-order valence-corrected chi connectivity index (χ4v) is 1.72. The van der Waals surface area contributed by atoms with Gasteiger partial charge in [0.25, 0.3) is 0 Å². The highest BCUT2D eigenvalue weighted by molar-refractivity contribution is 7.90. The molecule has 0 aliphatic heterocycles. The molecule has 1 atom stereocenters. The first-order chi connectivity index (χ1) is 5.93. The van der Waals surface area contributed by atoms with E-state index < -0.39 is 15.1 Å². The van der Waals surface area contributed by atoms with Crippen molar-refractivity contribution in [2.75, 3.05) is 6.26 Å². The van der Waals surface area contributed by atoms with Crippen molar-refractivity contribution >= 4 is 9.84 Å². The average molecular weight is 200 g/mol. The van der Waals surface area contributed by atoms with E-state index in [9.17, 15) is 13.5 Å². The lowest BCUT2D eigenvalue weighted by Crippen LogP contribution is -2.07. The van der Waals surface area contributed by atoms with Crippen LogP contribution in [0.15, 0.2) is 24.3 Å². The molecule has 0 heterocycles. The monoisotopic (exact) mass is 200 g/mol. The third kappa shape index (κ3) is 2.21. The van der Waals surface area contributed by atoms with E-state index >= 15 is 0 Å². The van der Waals surface area contributed by atoms with Gasteiger partial charge in [-0.3, -0.25) is 0 Å². The predicted molar refractivity (Wildman–Crippen MR) is 51.4 cm³/mol. The minimum Gasteiger partial charge on any atom is -0.508 e. The number of hydrogen-bond donors (Lipinski definition) is 1. The highest BCUT2D eigenvalue weighted by Crippen LogP contribution is 2.28. The Labute approximate surface area is 77.9 Å². The molecule has 0 fully saturated rings. The first-order valence-electron chi connectivity index (χ1n) is 3.89. The molecule has 0 amide bonds. The summed E-state index contributed by atoms with van der Waals surface area (Å²) in [5.41, 5.74) is 0.449. The molecule has 1 aromatic rings. The molecule has 1 aromatic carbocycles. The Balaban J connectivity index is 3.17. The molecular weight excluding hydrogens is 188 g/mol. The lowest BCUT2D eigenvalue weighted by molar-refractivity contribution is 0.467. The topological polar surface area (TPSA) is 54.4 Å². The Kier molecular flexibility index (Phi) is 2.61. The predicted octanol–water partition coefficient (Wildman–Crippen LogP) is 1.50. The van der Waals surface area contributed by atoms with E-state index in [2.05, 4.69) is 0 Å². The third-order valence-electron chi connectivity index (χ3n) is 2.02. The van der Waals surface area contributed by atoms with Crippen LogP contribution >= 0.6 is 0 Å². The number of phenolic OH excluding ortho intramolecular Hbond substituents is 1. The lowest BCUT2D eigenvalue weighted by atomic mass is 10.1. The minimum absolute atomic E-state index is 0.0282. The van der Waals surface area contributed by atoms with Gasteiger partial charge in [0.1, 0.15) is 5.75 Å². The standard InChI is InChI=1S/C9H12O3S/c1-7(13(2,11)12)8-5-3-4-6-9(8)10/h3-7,10H,1-2H3. The average Bonchev–Trinajstić information content (AvgIpc) is 2.02. The van der Waals surface area contributed by atoms with Gasteiger partial charge >= 0.3 is 0 Å². The highest BCUT2D eigenvalue weighted by Gasteiger charge is 2.19. The highest BCUT2D eigenvalue weighted by atomic mass is 32.2. The summed E-state index contributed by atoms with van der Waals surface area (Å²) in [6.45, 7) is 1.56. The van der Waals surface area contributed by atoms with E-state index in [0.29, 0.717) is 5.56 Å². The van der Waals surface area contributed by atoms with Crippen molar-refractivity contribution in [2.45, 2.75) is 12.2 Å². The molecule has 72 valence electrons. The van der Waals surface area contributed by atoms with E-state index in [0.717, 1.165) is 6.26 Å². The van der Waals surface area contributed by atoms with E-state index in [4.69, 9.17) is 0 Å². The molecule has 1 unspecified atom stereocenters. The van der Waals surface area contributed by atoms with Crippen LogP contribution in [0.4, 0.5) is 0 Å². The van der Waals surface area contributed by atoms with Crippen LogP contribution < -0.4 is 0 Å². The van der Waals surface area contributed by atoms with Crippen LogP contribution in [0, 0.1) is 0 Å². The quantitative estimate of drug-likeness (QED) is 0.787. The second kappa shape index (κ2) is 3.38. The summed E-state index contributed by atoms with van der Waals surface area (Å²) < 4.78 is 22.3. The van der Waals surface area contributed by atoms with Crippen molar-refractivity contribution < 1.29 is 13.5 Å². The van der Waals surface area contributed by atoms with Gasteiger partial charge in [-0.25, -0.2) is 8.42 Å². The molecule has 0 radical (unpaired) electrons. The number of rotatable bonds is 2. The SMILES string of the molecule is CC(c1ccccc1O)S(C)(=O)=O. The summed E-state index contributed by atoms with van der Waals surface area (Å²) in [5.74, 6) is 0.0282. The van der Waals surface area contributed by atoms with Crippen LogP contribution in [0.5, 0.6) is 5.75 Å². The largest absolute Gasteiger partial charge is 0.508 e. The van der Waals surface area contributed by atoms with Crippen LogP contribution in [-0.2, 0) is 9.84 Å². The van der Waals surface area contributed by atoms with E-state index in [1.54, 1.807) is 25.1 Å². The van der Waals surface area contributed by atoms with Crippen LogP contribution in [0.1, 0.15) is 17.7 Å². The maximum atomic E-state index is 11.2. The third-order valence-corrected chi connectivity index (χ3v) is 3.56. The number of para-hydroxylation sites is 1. The Morgan fingerprint density at radius 3 is 2.31 bits per heavy atom. The van der Waals surface area contributed by atoms with Gasteiger partial charge in [0, 0.05) is 11.8 Å². The zero-order valence-corrected chi connectivity index (χ0v) is 8.38. The Bertz CT molecular complexity index is 395. The van der Waals surface area contributed by atoms with Gasteiger partial charge < -0.3 is 5.11 Å². The summed E-state index contributed by atoms with van der Waals surface area (Å²) in [4.78, 5) is 0. The zero-order valence-electron chi connectivity index (χ0n) is 7.56. The van der Waals surface area contributed by atoms with Crippen molar-refractivity contribution in [3.05, 3.63) is 29.8 Å². The molecular formula is C9H12O3S. The second-order valence-corrected chi connectivity index (χ2v) is 5.40. The number of hydrogen-bond acceptors (Lipinski definition) is 3. The summed E-state index contributed by atoms with van der Waals surface area (Å²) in [5, 5.41) is 8.72. The van der Waals surface area contributed by atoms with Gasteiger partial charge in [0.05, 0.1) is 5.25 Å². The van der Waals surface area contributed by atoms with Crippen molar-refractivity contribution in [1.29, 1.82) is 0 Å². The number of aromatic hydroxyl groups is 1. The molecule has 0 saturated carbocycles. The molecule has 3 nitrogen and oxygen atoms in total. The normalized spacial score (nSPS) is 14.0. The van der Waals surface area contributed by atoms with E-state index in [-0.39, 0.29) is 5.75 Å². The van der Waals surface area contributed by atoms with Gasteiger partial charge in [-0.15, -0.1) is 0 Å². The molecule has 1 rings (SSSR count). The van der Waals surface area contributed by atoms with Crippen LogP contribution in [0.3, 0.4) is 0 Å². The minimum atomic E-state index is -3.14. The van der Waals surface area contributed by atoms with E-state index in [1.165, 1.54) is 6.07 Å². The molecule has 1 N–H and O–H groups in total. The van der Waals surface area contributed by atoms with Gasteiger partial charge in [-0.2, -0.15) is 0 Å². The van der Waals surface area contributed by atoms with Crippen molar-refractivity contribution in [1.82, 2.24) is 0 Å². The van der Waals surface area contributed by atoms with Crippen LogP contribution in [0.25, 0.3) is 0 Å². The fourth-order valence-electron chi connectivity index (χ4n) is 1.06. The summed E-state index contributed by atoms with van der Waals surface area (Å²) in [6.07, 6.45) is 1.16. The second-order valence-electron chi connectivity index (χ2n) is 3.03. The molecule has 0 saturated heterocycles. The Morgan fingerprint density at radius 1 is 1.31 bits per heavy atom. The van der Waals surface area contributed by atoms with Crippen LogP contribution in [-0.4, -0.2) is 19.8 Å². The van der Waals surface area contributed by atoms with Crippen molar-refractivity contribution in [3.63, 3.8) is 0 Å².